The average molecular weight is 477 g/mol. The van der Waals surface area contributed by atoms with E-state index >= 15 is 0 Å². The molecule has 0 bridgehead atoms. The SMILES string of the molecule is CN(C(=O)c1ccc2cc(O)ccc2c1)c1ccc(N(C)C(=O)c2ccc3cc(O)ccc3c2)cc1. The zero-order valence-electron chi connectivity index (χ0n) is 19.8. The number of anilines is 2. The van der Waals surface area contributed by atoms with Gasteiger partial charge in [-0.3, -0.25) is 9.59 Å². The molecule has 178 valence electrons. The van der Waals surface area contributed by atoms with Crippen LogP contribution in [0.25, 0.3) is 21.5 Å². The van der Waals surface area contributed by atoms with E-state index in [1.54, 1.807) is 109 Å². The second-order valence-electron chi connectivity index (χ2n) is 8.74. The number of fused-ring (bicyclic) bond motifs is 2. The first kappa shape index (κ1) is 22.9. The molecule has 5 rings (SSSR count). The maximum absolute atomic E-state index is 13.1. The number of nitrogens with zero attached hydrogens (tertiary/aromatic N) is 2. The third-order valence-corrected chi connectivity index (χ3v) is 6.38. The number of phenolic OH excluding ortho intramolecular Hbond substituents is 2. The van der Waals surface area contributed by atoms with Crippen molar-refractivity contribution in [3.05, 3.63) is 108 Å². The van der Waals surface area contributed by atoms with Crippen LogP contribution in [0.2, 0.25) is 0 Å². The van der Waals surface area contributed by atoms with Crippen LogP contribution in [0.15, 0.2) is 97.1 Å². The van der Waals surface area contributed by atoms with Crippen LogP contribution in [-0.4, -0.2) is 36.1 Å². The number of amides is 2. The molecule has 0 aromatic heterocycles. The van der Waals surface area contributed by atoms with Crippen molar-refractivity contribution >= 4 is 44.7 Å². The fourth-order valence-electron chi connectivity index (χ4n) is 4.25. The monoisotopic (exact) mass is 476 g/mol. The zero-order chi connectivity index (χ0) is 25.4. The lowest BCUT2D eigenvalue weighted by Crippen LogP contribution is -2.27. The van der Waals surface area contributed by atoms with Gasteiger partial charge in [0.15, 0.2) is 0 Å². The van der Waals surface area contributed by atoms with Gasteiger partial charge >= 0.3 is 0 Å². The van der Waals surface area contributed by atoms with Crippen LogP contribution in [-0.2, 0) is 0 Å². The van der Waals surface area contributed by atoms with Crippen molar-refractivity contribution in [3.63, 3.8) is 0 Å². The molecule has 0 aliphatic heterocycles. The third-order valence-electron chi connectivity index (χ3n) is 6.38. The molecule has 0 unspecified atom stereocenters. The highest BCUT2D eigenvalue weighted by atomic mass is 16.3. The molecule has 0 atom stereocenters. The number of aromatic hydroxyl groups is 2. The van der Waals surface area contributed by atoms with Gasteiger partial charge in [-0.05, 0) is 94.3 Å². The maximum Gasteiger partial charge on any atom is 0.258 e. The van der Waals surface area contributed by atoms with Crippen molar-refractivity contribution in [2.45, 2.75) is 0 Å². The minimum atomic E-state index is -0.163. The van der Waals surface area contributed by atoms with E-state index in [9.17, 15) is 19.8 Å². The molecule has 6 nitrogen and oxygen atoms in total. The molecule has 0 radical (unpaired) electrons. The molecule has 5 aromatic rings. The van der Waals surface area contributed by atoms with Gasteiger partial charge in [-0.15, -0.1) is 0 Å². The standard InChI is InChI=1S/C30H24N2O4/c1-31(29(35)23-5-3-21-17-27(33)13-7-19(21)15-23)25-9-11-26(12-10-25)32(2)30(36)24-6-4-22-18-28(34)14-8-20(22)16-24/h3-18,33-34H,1-2H3. The van der Waals surface area contributed by atoms with Gasteiger partial charge in [0.2, 0.25) is 0 Å². The number of rotatable bonds is 4. The highest BCUT2D eigenvalue weighted by molar-refractivity contribution is 6.09. The Morgan fingerprint density at radius 1 is 0.500 bits per heavy atom. The molecule has 0 heterocycles. The van der Waals surface area contributed by atoms with Crippen LogP contribution in [0.5, 0.6) is 11.5 Å². The van der Waals surface area contributed by atoms with E-state index in [0.717, 1.165) is 21.5 Å². The summed E-state index contributed by atoms with van der Waals surface area (Å²) in [6.45, 7) is 0. The van der Waals surface area contributed by atoms with Crippen LogP contribution >= 0.6 is 0 Å². The van der Waals surface area contributed by atoms with Crippen molar-refractivity contribution in [2.75, 3.05) is 23.9 Å². The molecule has 2 N–H and O–H groups in total. The summed E-state index contributed by atoms with van der Waals surface area (Å²) in [5.74, 6) is 0.0417. The Kier molecular flexibility index (Phi) is 5.78. The average Bonchev–Trinajstić information content (AvgIpc) is 2.90. The molecule has 0 aliphatic carbocycles. The molecule has 0 fully saturated rings. The van der Waals surface area contributed by atoms with Crippen molar-refractivity contribution in [1.82, 2.24) is 0 Å². The van der Waals surface area contributed by atoms with Gasteiger partial charge in [0, 0.05) is 36.6 Å². The highest BCUT2D eigenvalue weighted by Gasteiger charge is 2.17. The normalized spacial score (nSPS) is 10.9. The molecular formula is C30H24N2O4. The van der Waals surface area contributed by atoms with Gasteiger partial charge in [-0.2, -0.15) is 0 Å². The van der Waals surface area contributed by atoms with E-state index in [1.165, 1.54) is 0 Å². The van der Waals surface area contributed by atoms with Crippen LogP contribution in [0.3, 0.4) is 0 Å². The lowest BCUT2D eigenvalue weighted by Gasteiger charge is -2.21. The van der Waals surface area contributed by atoms with Gasteiger partial charge in [-0.25, -0.2) is 0 Å². The highest BCUT2D eigenvalue weighted by Crippen LogP contribution is 2.26. The Hall–Kier alpha value is -4.84. The van der Waals surface area contributed by atoms with Gasteiger partial charge in [-0.1, -0.05) is 24.3 Å². The smallest absolute Gasteiger partial charge is 0.258 e. The van der Waals surface area contributed by atoms with Gasteiger partial charge in [0.25, 0.3) is 11.8 Å². The summed E-state index contributed by atoms with van der Waals surface area (Å²) in [5, 5.41) is 22.8. The van der Waals surface area contributed by atoms with E-state index in [-0.39, 0.29) is 23.3 Å². The van der Waals surface area contributed by atoms with E-state index in [0.29, 0.717) is 22.5 Å². The number of benzene rings is 5. The number of phenols is 2. The Labute approximate surface area is 208 Å². The first-order valence-electron chi connectivity index (χ1n) is 11.4. The van der Waals surface area contributed by atoms with Gasteiger partial charge < -0.3 is 20.0 Å². The number of carbonyl (C=O) groups excluding carboxylic acids is 2. The predicted molar refractivity (Wildman–Crippen MR) is 143 cm³/mol. The summed E-state index contributed by atoms with van der Waals surface area (Å²) >= 11 is 0. The summed E-state index contributed by atoms with van der Waals surface area (Å²) in [7, 11) is 3.42. The van der Waals surface area contributed by atoms with Crippen LogP contribution < -0.4 is 9.80 Å². The van der Waals surface area contributed by atoms with E-state index in [2.05, 4.69) is 0 Å². The molecule has 36 heavy (non-hydrogen) atoms. The lowest BCUT2D eigenvalue weighted by molar-refractivity contribution is 0.0985. The molecular weight excluding hydrogens is 452 g/mol. The Morgan fingerprint density at radius 2 is 0.833 bits per heavy atom. The third kappa shape index (κ3) is 4.32. The van der Waals surface area contributed by atoms with Crippen molar-refractivity contribution in [2.24, 2.45) is 0 Å². The zero-order valence-corrected chi connectivity index (χ0v) is 19.8. The molecule has 0 saturated heterocycles. The quantitative estimate of drug-likeness (QED) is 0.336. The summed E-state index contributed by atoms with van der Waals surface area (Å²) in [6.07, 6.45) is 0. The van der Waals surface area contributed by atoms with Crippen molar-refractivity contribution in [3.8, 4) is 11.5 Å². The fourth-order valence-corrected chi connectivity index (χ4v) is 4.25. The summed E-state index contributed by atoms with van der Waals surface area (Å²) in [5.41, 5.74) is 2.47. The van der Waals surface area contributed by atoms with Crippen LogP contribution in [0.1, 0.15) is 20.7 Å². The minimum Gasteiger partial charge on any atom is -0.508 e. The first-order chi connectivity index (χ1) is 17.3. The van der Waals surface area contributed by atoms with E-state index in [4.69, 9.17) is 0 Å². The molecule has 0 aliphatic rings. The molecule has 0 spiro atoms. The van der Waals surface area contributed by atoms with Crippen LogP contribution in [0, 0.1) is 0 Å². The Balaban J connectivity index is 1.33. The molecule has 5 aromatic carbocycles. The summed E-state index contributed by atoms with van der Waals surface area (Å²) in [6, 6.07) is 28.0. The molecule has 0 saturated carbocycles. The fraction of sp³-hybridized carbons (Fsp3) is 0.0667. The van der Waals surface area contributed by atoms with E-state index < -0.39 is 0 Å². The molecule has 6 heteroatoms. The summed E-state index contributed by atoms with van der Waals surface area (Å²) in [4.78, 5) is 29.3. The van der Waals surface area contributed by atoms with Crippen molar-refractivity contribution in [1.29, 1.82) is 0 Å². The first-order valence-corrected chi connectivity index (χ1v) is 11.4. The second-order valence-corrected chi connectivity index (χ2v) is 8.74. The topological polar surface area (TPSA) is 81.1 Å². The number of hydrogen-bond acceptors (Lipinski definition) is 4. The largest absolute Gasteiger partial charge is 0.508 e. The second kappa shape index (κ2) is 9.07. The maximum atomic E-state index is 13.1. The summed E-state index contributed by atoms with van der Waals surface area (Å²) < 4.78 is 0. The Bertz CT molecular complexity index is 1500. The minimum absolute atomic E-state index is 0.163. The Morgan fingerprint density at radius 3 is 1.22 bits per heavy atom. The van der Waals surface area contributed by atoms with Crippen molar-refractivity contribution < 1.29 is 19.8 Å². The van der Waals surface area contributed by atoms with Gasteiger partial charge in [0.05, 0.1) is 0 Å². The number of hydrogen-bond donors (Lipinski definition) is 2. The molecule has 2 amide bonds. The lowest BCUT2D eigenvalue weighted by atomic mass is 10.1. The van der Waals surface area contributed by atoms with Crippen LogP contribution in [0.4, 0.5) is 11.4 Å². The number of carbonyl (C=O) groups is 2. The van der Waals surface area contributed by atoms with Gasteiger partial charge in [0.1, 0.15) is 11.5 Å². The van der Waals surface area contributed by atoms with E-state index in [1.807, 2.05) is 12.1 Å². The predicted octanol–water partition coefficient (Wildman–Crippen LogP) is 5.96.